The summed E-state index contributed by atoms with van der Waals surface area (Å²) in [6, 6.07) is 15.3. The summed E-state index contributed by atoms with van der Waals surface area (Å²) in [7, 11) is -0.343. The Labute approximate surface area is 174 Å². The van der Waals surface area contributed by atoms with Crippen molar-refractivity contribution in [2.24, 2.45) is 0 Å². The van der Waals surface area contributed by atoms with Crippen LogP contribution in [-0.4, -0.2) is 18.3 Å². The van der Waals surface area contributed by atoms with Crippen LogP contribution in [0.4, 0.5) is 0 Å². The van der Waals surface area contributed by atoms with Gasteiger partial charge in [-0.3, -0.25) is 0 Å². The summed E-state index contributed by atoms with van der Waals surface area (Å²) < 4.78 is 12.7. The molecule has 0 atom stereocenters. The molecule has 29 heavy (non-hydrogen) atoms. The summed E-state index contributed by atoms with van der Waals surface area (Å²) in [5, 5.41) is 9.48. The van der Waals surface area contributed by atoms with Gasteiger partial charge in [0, 0.05) is 5.41 Å². The minimum absolute atomic E-state index is 0.0232. The maximum absolute atomic E-state index is 9.48. The van der Waals surface area contributed by atoms with E-state index < -0.39 is 0 Å². The fourth-order valence-electron chi connectivity index (χ4n) is 5.40. The molecule has 5 rings (SSSR count). The molecule has 148 valence electrons. The lowest BCUT2D eigenvalue weighted by molar-refractivity contribution is 0.00578. The molecule has 0 radical (unpaired) electrons. The van der Waals surface area contributed by atoms with E-state index in [9.17, 15) is 5.26 Å². The summed E-state index contributed by atoms with van der Waals surface area (Å²) in [6.45, 7) is 8.40. The van der Waals surface area contributed by atoms with E-state index in [-0.39, 0.29) is 23.7 Å². The van der Waals surface area contributed by atoms with E-state index in [1.165, 1.54) is 41.5 Å². The highest BCUT2D eigenvalue weighted by Crippen LogP contribution is 2.55. The Bertz CT molecular complexity index is 1010. The third-order valence-corrected chi connectivity index (χ3v) is 7.75. The molecule has 0 unspecified atom stereocenters. The fraction of sp³-hybridized carbons (Fsp3) is 0.480. The molecule has 2 fully saturated rings. The normalized spacial score (nSPS) is 22.9. The van der Waals surface area contributed by atoms with Crippen LogP contribution in [0.15, 0.2) is 36.4 Å². The van der Waals surface area contributed by atoms with Gasteiger partial charge >= 0.3 is 7.12 Å². The van der Waals surface area contributed by atoms with Crippen LogP contribution in [0.2, 0.25) is 0 Å². The van der Waals surface area contributed by atoms with Gasteiger partial charge in [0.25, 0.3) is 0 Å². The van der Waals surface area contributed by atoms with Gasteiger partial charge in [0.15, 0.2) is 0 Å². The fourth-order valence-corrected chi connectivity index (χ4v) is 5.40. The first-order valence-electron chi connectivity index (χ1n) is 10.8. The smallest absolute Gasteiger partial charge is 0.399 e. The van der Waals surface area contributed by atoms with Crippen molar-refractivity contribution in [1.82, 2.24) is 0 Å². The predicted octanol–water partition coefficient (Wildman–Crippen LogP) is 5.09. The van der Waals surface area contributed by atoms with E-state index in [2.05, 4.69) is 64.1 Å². The van der Waals surface area contributed by atoms with Crippen LogP contribution in [0.25, 0.3) is 11.1 Å². The van der Waals surface area contributed by atoms with E-state index in [0.717, 1.165) is 23.9 Å². The number of nitriles is 1. The lowest BCUT2D eigenvalue weighted by atomic mass is 9.66. The van der Waals surface area contributed by atoms with Gasteiger partial charge in [-0.25, -0.2) is 0 Å². The van der Waals surface area contributed by atoms with Crippen LogP contribution in [0.1, 0.15) is 76.5 Å². The lowest BCUT2D eigenvalue weighted by Gasteiger charge is -2.36. The molecule has 2 aromatic rings. The number of benzene rings is 2. The Kier molecular flexibility index (Phi) is 4.05. The Balaban J connectivity index is 1.63. The number of hydrogen-bond acceptors (Lipinski definition) is 3. The highest BCUT2D eigenvalue weighted by Gasteiger charge is 2.52. The van der Waals surface area contributed by atoms with Gasteiger partial charge in [-0.15, -0.1) is 0 Å². The average Bonchev–Trinajstić information content (AvgIpc) is 3.09. The van der Waals surface area contributed by atoms with Crippen LogP contribution < -0.4 is 5.46 Å². The molecule has 1 spiro atoms. The third-order valence-electron chi connectivity index (χ3n) is 7.75. The molecule has 4 heteroatoms. The van der Waals surface area contributed by atoms with Crippen molar-refractivity contribution in [2.45, 2.75) is 76.4 Å². The second-order valence-electron chi connectivity index (χ2n) is 9.91. The van der Waals surface area contributed by atoms with Crippen LogP contribution >= 0.6 is 0 Å². The second kappa shape index (κ2) is 6.21. The molecule has 0 bridgehead atoms. The number of rotatable bonds is 1. The van der Waals surface area contributed by atoms with Crippen LogP contribution in [0.5, 0.6) is 0 Å². The van der Waals surface area contributed by atoms with Crippen molar-refractivity contribution in [1.29, 1.82) is 5.26 Å². The van der Waals surface area contributed by atoms with Gasteiger partial charge in [-0.05, 0) is 80.4 Å². The van der Waals surface area contributed by atoms with E-state index in [1.54, 1.807) is 0 Å². The topological polar surface area (TPSA) is 42.2 Å². The molecule has 1 saturated carbocycles. The summed E-state index contributed by atoms with van der Waals surface area (Å²) in [4.78, 5) is 0. The Morgan fingerprint density at radius 2 is 1.41 bits per heavy atom. The van der Waals surface area contributed by atoms with Crippen LogP contribution in [0, 0.1) is 11.3 Å². The summed E-state index contributed by atoms with van der Waals surface area (Å²) in [6.07, 6.45) is 6.05. The van der Waals surface area contributed by atoms with Gasteiger partial charge in [0.2, 0.25) is 0 Å². The maximum atomic E-state index is 9.48. The van der Waals surface area contributed by atoms with Crippen molar-refractivity contribution < 1.29 is 9.31 Å². The minimum Gasteiger partial charge on any atom is -0.399 e. The third kappa shape index (κ3) is 2.64. The van der Waals surface area contributed by atoms with Crippen molar-refractivity contribution in [3.05, 3.63) is 53.1 Å². The Morgan fingerprint density at radius 3 is 2.03 bits per heavy atom. The van der Waals surface area contributed by atoms with E-state index in [1.807, 2.05) is 6.07 Å². The first-order chi connectivity index (χ1) is 13.8. The zero-order valence-electron chi connectivity index (χ0n) is 17.8. The standard InChI is InChI=1S/C25H28BNO2/c1-23(2)24(3,4)29-26(28-23)18-9-11-20-19-10-8-17(16-27)14-21(19)25(22(20)15-18)12-6-5-7-13-25/h8-11,14-15H,5-7,12-13H2,1-4H3. The van der Waals surface area contributed by atoms with Gasteiger partial charge in [0.05, 0.1) is 22.8 Å². The van der Waals surface area contributed by atoms with Crippen LogP contribution in [0.3, 0.4) is 0 Å². The zero-order valence-corrected chi connectivity index (χ0v) is 17.8. The Hall–Kier alpha value is -2.09. The molecule has 3 aliphatic rings. The molecule has 0 amide bonds. The van der Waals surface area contributed by atoms with Gasteiger partial charge in [-0.1, -0.05) is 43.5 Å². The number of hydrogen-bond donors (Lipinski definition) is 0. The number of fused-ring (bicyclic) bond motifs is 5. The molecule has 3 nitrogen and oxygen atoms in total. The summed E-state index contributed by atoms with van der Waals surface area (Å²) >= 11 is 0. The average molecular weight is 385 g/mol. The zero-order chi connectivity index (χ0) is 20.4. The van der Waals surface area contributed by atoms with Gasteiger partial charge in [0.1, 0.15) is 0 Å². The van der Waals surface area contributed by atoms with Gasteiger partial charge in [-0.2, -0.15) is 5.26 Å². The van der Waals surface area contributed by atoms with E-state index in [4.69, 9.17) is 9.31 Å². The highest BCUT2D eigenvalue weighted by atomic mass is 16.7. The van der Waals surface area contributed by atoms with Gasteiger partial charge < -0.3 is 9.31 Å². The number of nitrogens with zero attached hydrogens (tertiary/aromatic N) is 1. The molecule has 1 saturated heterocycles. The van der Waals surface area contributed by atoms with Crippen molar-refractivity contribution >= 4 is 12.6 Å². The SMILES string of the molecule is CC1(C)OB(c2ccc3c(c2)C2(CCCCC2)c2cc(C#N)ccc2-3)OC1(C)C. The lowest BCUT2D eigenvalue weighted by Crippen LogP contribution is -2.41. The van der Waals surface area contributed by atoms with E-state index in [0.29, 0.717) is 0 Å². The summed E-state index contributed by atoms with van der Waals surface area (Å²) in [5.74, 6) is 0. The predicted molar refractivity (Wildman–Crippen MR) is 116 cm³/mol. The molecular weight excluding hydrogens is 357 g/mol. The molecule has 1 aliphatic heterocycles. The first-order valence-corrected chi connectivity index (χ1v) is 10.8. The van der Waals surface area contributed by atoms with Crippen molar-refractivity contribution in [3.63, 3.8) is 0 Å². The molecule has 2 aromatic carbocycles. The first kappa shape index (κ1) is 18.9. The monoisotopic (exact) mass is 385 g/mol. The molecule has 0 aromatic heterocycles. The van der Waals surface area contributed by atoms with Crippen molar-refractivity contribution in [2.75, 3.05) is 0 Å². The second-order valence-corrected chi connectivity index (χ2v) is 9.91. The molecular formula is C25H28BNO2. The molecule has 2 aliphatic carbocycles. The quantitative estimate of drug-likeness (QED) is 0.643. The largest absolute Gasteiger partial charge is 0.494 e. The van der Waals surface area contributed by atoms with E-state index >= 15 is 0 Å². The Morgan fingerprint density at radius 1 is 0.828 bits per heavy atom. The molecule has 1 heterocycles. The summed E-state index contributed by atoms with van der Waals surface area (Å²) in [5.41, 5.74) is 6.54. The van der Waals surface area contributed by atoms with Crippen LogP contribution in [-0.2, 0) is 14.7 Å². The highest BCUT2D eigenvalue weighted by molar-refractivity contribution is 6.62. The minimum atomic E-state index is -0.343. The maximum Gasteiger partial charge on any atom is 0.494 e. The van der Waals surface area contributed by atoms with Crippen molar-refractivity contribution in [3.8, 4) is 17.2 Å². The molecule has 0 N–H and O–H groups in total.